The van der Waals surface area contributed by atoms with Gasteiger partial charge in [-0.2, -0.15) is 0 Å². The summed E-state index contributed by atoms with van der Waals surface area (Å²) in [5.74, 6) is 0.195. The minimum Gasteiger partial charge on any atom is -0.445 e. The summed E-state index contributed by atoms with van der Waals surface area (Å²) in [4.78, 5) is 0. The summed E-state index contributed by atoms with van der Waals surface area (Å²) in [6.07, 6.45) is 4.70. The number of halogens is 3. The quantitative estimate of drug-likeness (QED) is 0.823. The van der Waals surface area contributed by atoms with Crippen molar-refractivity contribution in [3.05, 3.63) is 29.8 Å². The summed E-state index contributed by atoms with van der Waals surface area (Å²) < 4.78 is 37.4. The van der Waals surface area contributed by atoms with Crippen LogP contribution in [0.1, 0.15) is 43.8 Å². The van der Waals surface area contributed by atoms with Crippen molar-refractivity contribution >= 4 is 12.4 Å². The molecule has 2 rings (SSSR count). The van der Waals surface area contributed by atoms with E-state index < -0.39 is 18.5 Å². The molecule has 1 aliphatic carbocycles. The van der Waals surface area contributed by atoms with E-state index in [1.54, 1.807) is 0 Å². The van der Waals surface area contributed by atoms with Crippen LogP contribution in [0.5, 0.6) is 0 Å². The number of benzene rings is 1. The maximum absolute atomic E-state index is 12.5. The standard InChI is InChI=1S/C13H17BF3O/c15-14(16,17)12-8-6-11(7-9-12)13(18)10-4-2-1-3-5-10/h6-10,13,18H,1-5H2/q-1. The van der Waals surface area contributed by atoms with Gasteiger partial charge in [0.15, 0.2) is 0 Å². The van der Waals surface area contributed by atoms with E-state index >= 15 is 0 Å². The van der Waals surface area contributed by atoms with Gasteiger partial charge in [-0.15, -0.1) is 5.46 Å². The number of hydrogen-bond acceptors (Lipinski definition) is 1. The third kappa shape index (κ3) is 3.07. The van der Waals surface area contributed by atoms with Gasteiger partial charge in [-0.25, -0.2) is 0 Å². The Morgan fingerprint density at radius 1 is 1.00 bits per heavy atom. The number of aliphatic hydroxyl groups excluding tert-OH is 1. The van der Waals surface area contributed by atoms with Crippen molar-refractivity contribution in [2.24, 2.45) is 5.92 Å². The first kappa shape index (κ1) is 13.5. The largest absolute Gasteiger partial charge is 0.509 e. The first-order valence-corrected chi connectivity index (χ1v) is 6.46. The molecule has 0 heterocycles. The Labute approximate surface area is 105 Å². The molecule has 5 heteroatoms. The fourth-order valence-corrected chi connectivity index (χ4v) is 2.63. The van der Waals surface area contributed by atoms with Gasteiger partial charge in [-0.05, 0) is 24.3 Å². The lowest BCUT2D eigenvalue weighted by atomic mass is 9.78. The highest BCUT2D eigenvalue weighted by molar-refractivity contribution is 6.73. The zero-order valence-electron chi connectivity index (χ0n) is 10.2. The molecule has 1 unspecified atom stereocenters. The molecular weight excluding hydrogens is 240 g/mol. The van der Waals surface area contributed by atoms with E-state index in [4.69, 9.17) is 0 Å². The third-order valence-electron chi connectivity index (χ3n) is 3.75. The second-order valence-electron chi connectivity index (χ2n) is 5.08. The molecule has 0 spiro atoms. The maximum atomic E-state index is 12.5. The topological polar surface area (TPSA) is 20.2 Å². The monoisotopic (exact) mass is 257 g/mol. The minimum absolute atomic E-state index is 0.195. The molecular formula is C13H17BF3O-. The maximum Gasteiger partial charge on any atom is 0.509 e. The Balaban J connectivity index is 2.09. The van der Waals surface area contributed by atoms with Crippen molar-refractivity contribution in [2.45, 2.75) is 38.2 Å². The molecule has 1 aromatic carbocycles. The van der Waals surface area contributed by atoms with Gasteiger partial charge < -0.3 is 18.1 Å². The molecule has 0 amide bonds. The molecule has 1 saturated carbocycles. The Morgan fingerprint density at radius 2 is 1.56 bits per heavy atom. The van der Waals surface area contributed by atoms with Gasteiger partial charge >= 0.3 is 6.98 Å². The zero-order chi connectivity index (χ0) is 13.2. The van der Waals surface area contributed by atoms with Crippen LogP contribution in [0.3, 0.4) is 0 Å². The van der Waals surface area contributed by atoms with Gasteiger partial charge in [0.05, 0.1) is 6.10 Å². The van der Waals surface area contributed by atoms with Crippen LogP contribution in [-0.2, 0) is 0 Å². The van der Waals surface area contributed by atoms with Gasteiger partial charge in [0.2, 0.25) is 0 Å². The lowest BCUT2D eigenvalue weighted by Crippen LogP contribution is -2.33. The van der Waals surface area contributed by atoms with Gasteiger partial charge in [0.1, 0.15) is 0 Å². The SMILES string of the molecule is OC(c1ccc([B-](F)(F)F)cc1)C1CCCCC1. The number of hydrogen-bond donors (Lipinski definition) is 1. The van der Waals surface area contributed by atoms with Crippen molar-refractivity contribution in [2.75, 3.05) is 0 Å². The second kappa shape index (κ2) is 5.35. The van der Waals surface area contributed by atoms with E-state index in [0.29, 0.717) is 5.56 Å². The summed E-state index contributed by atoms with van der Waals surface area (Å²) >= 11 is 0. The van der Waals surface area contributed by atoms with Crippen LogP contribution in [0, 0.1) is 5.92 Å². The van der Waals surface area contributed by atoms with Gasteiger partial charge in [0, 0.05) is 0 Å². The molecule has 1 aliphatic rings. The summed E-state index contributed by atoms with van der Waals surface area (Å²) in [7, 11) is 0. The van der Waals surface area contributed by atoms with Crippen molar-refractivity contribution in [1.82, 2.24) is 0 Å². The summed E-state index contributed by atoms with van der Waals surface area (Å²) in [6, 6.07) is 4.95. The van der Waals surface area contributed by atoms with Crippen LogP contribution in [0.2, 0.25) is 0 Å². The molecule has 0 aliphatic heterocycles. The molecule has 0 bridgehead atoms. The first-order chi connectivity index (χ1) is 8.48. The van der Waals surface area contributed by atoms with Gasteiger partial charge in [0.25, 0.3) is 0 Å². The van der Waals surface area contributed by atoms with Crippen molar-refractivity contribution in [3.8, 4) is 0 Å². The molecule has 100 valence electrons. The highest BCUT2D eigenvalue weighted by Crippen LogP contribution is 2.34. The normalized spacial score (nSPS) is 19.8. The summed E-state index contributed by atoms with van der Waals surface area (Å²) in [5.41, 5.74) is 0.000272. The van der Waals surface area contributed by atoms with Crippen LogP contribution in [0.15, 0.2) is 24.3 Å². The molecule has 1 atom stereocenters. The Morgan fingerprint density at radius 3 is 2.06 bits per heavy atom. The molecule has 0 aromatic heterocycles. The fraction of sp³-hybridized carbons (Fsp3) is 0.538. The molecule has 1 nitrogen and oxygen atoms in total. The van der Waals surface area contributed by atoms with Crippen molar-refractivity contribution in [1.29, 1.82) is 0 Å². The minimum atomic E-state index is -4.94. The van der Waals surface area contributed by atoms with E-state index in [-0.39, 0.29) is 5.92 Å². The van der Waals surface area contributed by atoms with Crippen molar-refractivity contribution in [3.63, 3.8) is 0 Å². The average Bonchev–Trinajstić information content (AvgIpc) is 2.38. The fourth-order valence-electron chi connectivity index (χ4n) is 2.63. The number of aliphatic hydroxyl groups is 1. The summed E-state index contributed by atoms with van der Waals surface area (Å²) in [5, 5.41) is 10.2. The second-order valence-corrected chi connectivity index (χ2v) is 5.08. The lowest BCUT2D eigenvalue weighted by molar-refractivity contribution is 0.0848. The highest BCUT2D eigenvalue weighted by Gasteiger charge is 2.27. The van der Waals surface area contributed by atoms with Crippen LogP contribution in [0.25, 0.3) is 0 Å². The Bertz CT molecular complexity index is 382. The Hall–Kier alpha value is -0.965. The van der Waals surface area contributed by atoms with Crippen LogP contribution in [-0.4, -0.2) is 12.1 Å². The predicted octanol–water partition coefficient (Wildman–Crippen LogP) is 3.35. The van der Waals surface area contributed by atoms with E-state index in [0.717, 1.165) is 37.8 Å². The van der Waals surface area contributed by atoms with Gasteiger partial charge in [-0.3, -0.25) is 0 Å². The average molecular weight is 257 g/mol. The molecule has 0 radical (unpaired) electrons. The molecule has 1 fully saturated rings. The van der Waals surface area contributed by atoms with Crippen LogP contribution < -0.4 is 5.46 Å². The first-order valence-electron chi connectivity index (χ1n) is 6.46. The Kier molecular flexibility index (Phi) is 4.00. The zero-order valence-corrected chi connectivity index (χ0v) is 10.2. The molecule has 1 aromatic rings. The lowest BCUT2D eigenvalue weighted by Gasteiger charge is -2.27. The number of rotatable bonds is 3. The smallest absolute Gasteiger partial charge is 0.445 e. The molecule has 0 saturated heterocycles. The predicted molar refractivity (Wildman–Crippen MR) is 66.7 cm³/mol. The van der Waals surface area contributed by atoms with Crippen LogP contribution >= 0.6 is 0 Å². The van der Waals surface area contributed by atoms with E-state index in [2.05, 4.69) is 0 Å². The van der Waals surface area contributed by atoms with Crippen LogP contribution in [0.4, 0.5) is 12.9 Å². The molecule has 18 heavy (non-hydrogen) atoms. The van der Waals surface area contributed by atoms with E-state index in [1.165, 1.54) is 18.6 Å². The van der Waals surface area contributed by atoms with E-state index in [9.17, 15) is 18.1 Å². The molecule has 1 N–H and O–H groups in total. The van der Waals surface area contributed by atoms with Gasteiger partial charge in [-0.1, -0.05) is 43.5 Å². The summed E-state index contributed by atoms with van der Waals surface area (Å²) in [6.45, 7) is -4.94. The highest BCUT2D eigenvalue weighted by atomic mass is 19.4. The third-order valence-corrected chi connectivity index (χ3v) is 3.75. The van der Waals surface area contributed by atoms with E-state index in [1.807, 2.05) is 0 Å². The van der Waals surface area contributed by atoms with Crippen molar-refractivity contribution < 1.29 is 18.1 Å².